The highest BCUT2D eigenvalue weighted by atomic mass is 19.4. The van der Waals surface area contributed by atoms with Crippen molar-refractivity contribution < 1.29 is 32.3 Å². The highest BCUT2D eigenvalue weighted by Crippen LogP contribution is 2.39. The molecule has 0 amide bonds. The molecule has 0 aliphatic carbocycles. The van der Waals surface area contributed by atoms with Crippen molar-refractivity contribution in [3.63, 3.8) is 0 Å². The van der Waals surface area contributed by atoms with Crippen molar-refractivity contribution in [2.45, 2.75) is 51.5 Å². The van der Waals surface area contributed by atoms with Crippen molar-refractivity contribution in [2.75, 3.05) is 13.2 Å². The maximum atomic E-state index is 13.3. The smallest absolute Gasteiger partial charge is 0.493 e. The molecule has 1 aliphatic heterocycles. The van der Waals surface area contributed by atoms with Crippen LogP contribution in [0, 0.1) is 0 Å². The number of hydrogen-bond acceptors (Lipinski definition) is 4. The standard InChI is InChI=1S/C16H22BF3O4/c1-14(2)15(3,4)24-17(23-14)11-6-7-13(22-9-5-8-21)12(10-11)16(18,19)20/h6-7,10,21H,5,8-9H2,1-4H3. The molecule has 0 spiro atoms. The quantitative estimate of drug-likeness (QED) is 0.658. The summed E-state index contributed by atoms with van der Waals surface area (Å²) in [7, 11) is -0.873. The molecule has 4 nitrogen and oxygen atoms in total. The van der Waals surface area contributed by atoms with E-state index >= 15 is 0 Å². The molecule has 0 atom stereocenters. The zero-order valence-corrected chi connectivity index (χ0v) is 14.2. The normalized spacial score (nSPS) is 19.6. The second kappa shape index (κ2) is 6.57. The third kappa shape index (κ3) is 3.87. The van der Waals surface area contributed by atoms with Gasteiger partial charge in [0.2, 0.25) is 0 Å². The predicted octanol–water partition coefficient (Wildman–Crippen LogP) is 2.77. The molecule has 134 valence electrons. The fraction of sp³-hybridized carbons (Fsp3) is 0.625. The number of ether oxygens (including phenoxy) is 1. The zero-order chi connectivity index (χ0) is 18.2. The van der Waals surface area contributed by atoms with Crippen LogP contribution in [0.1, 0.15) is 39.7 Å². The first-order valence-electron chi connectivity index (χ1n) is 7.78. The van der Waals surface area contributed by atoms with Gasteiger partial charge in [-0.15, -0.1) is 0 Å². The number of aliphatic hydroxyl groups excluding tert-OH is 1. The fourth-order valence-corrected chi connectivity index (χ4v) is 2.27. The van der Waals surface area contributed by atoms with Gasteiger partial charge in [-0.1, -0.05) is 6.07 Å². The molecule has 1 aliphatic rings. The Morgan fingerprint density at radius 3 is 2.21 bits per heavy atom. The van der Waals surface area contributed by atoms with Crippen LogP contribution in [0.15, 0.2) is 18.2 Å². The van der Waals surface area contributed by atoms with Crippen molar-refractivity contribution >= 4 is 12.6 Å². The number of benzene rings is 1. The van der Waals surface area contributed by atoms with E-state index in [1.807, 2.05) is 27.7 Å². The number of halogens is 3. The van der Waals surface area contributed by atoms with Gasteiger partial charge in [0.15, 0.2) is 0 Å². The maximum absolute atomic E-state index is 13.3. The van der Waals surface area contributed by atoms with Crippen LogP contribution in [0.5, 0.6) is 5.75 Å². The molecule has 1 N–H and O–H groups in total. The highest BCUT2D eigenvalue weighted by Gasteiger charge is 2.52. The molecule has 1 saturated heterocycles. The minimum Gasteiger partial charge on any atom is -0.493 e. The molecule has 1 aromatic rings. The zero-order valence-electron chi connectivity index (χ0n) is 14.2. The summed E-state index contributed by atoms with van der Waals surface area (Å²) in [6, 6.07) is 3.77. The lowest BCUT2D eigenvalue weighted by Gasteiger charge is -2.32. The molecule has 2 rings (SSSR count). The molecular formula is C16H22BF3O4. The molecule has 1 aromatic carbocycles. The Kier molecular flexibility index (Phi) is 5.23. The van der Waals surface area contributed by atoms with Gasteiger partial charge in [0.05, 0.1) is 23.4 Å². The molecule has 0 radical (unpaired) electrons. The van der Waals surface area contributed by atoms with Gasteiger partial charge in [-0.25, -0.2) is 0 Å². The van der Waals surface area contributed by atoms with E-state index in [-0.39, 0.29) is 30.8 Å². The Balaban J connectivity index is 2.30. The molecule has 0 unspecified atom stereocenters. The lowest BCUT2D eigenvalue weighted by Crippen LogP contribution is -2.41. The summed E-state index contributed by atoms with van der Waals surface area (Å²) >= 11 is 0. The summed E-state index contributed by atoms with van der Waals surface area (Å²) in [6.07, 6.45) is -4.30. The minimum atomic E-state index is -4.56. The van der Waals surface area contributed by atoms with E-state index < -0.39 is 30.1 Å². The summed E-state index contributed by atoms with van der Waals surface area (Å²) < 4.78 is 56.7. The van der Waals surface area contributed by atoms with Gasteiger partial charge < -0.3 is 19.2 Å². The van der Waals surface area contributed by atoms with E-state index in [0.717, 1.165) is 6.07 Å². The van der Waals surface area contributed by atoms with Crippen LogP contribution in [0.3, 0.4) is 0 Å². The summed E-state index contributed by atoms with van der Waals surface area (Å²) in [5.74, 6) is -0.267. The Morgan fingerprint density at radius 2 is 1.71 bits per heavy atom. The van der Waals surface area contributed by atoms with Gasteiger partial charge in [-0.05, 0) is 45.3 Å². The third-order valence-electron chi connectivity index (χ3n) is 4.39. The van der Waals surface area contributed by atoms with E-state index in [1.165, 1.54) is 12.1 Å². The van der Waals surface area contributed by atoms with Crippen LogP contribution >= 0.6 is 0 Å². The van der Waals surface area contributed by atoms with Crippen LogP contribution < -0.4 is 10.2 Å². The molecule has 8 heteroatoms. The fourth-order valence-electron chi connectivity index (χ4n) is 2.27. The van der Waals surface area contributed by atoms with Gasteiger partial charge in [-0.3, -0.25) is 0 Å². The minimum absolute atomic E-state index is 0.00934. The van der Waals surface area contributed by atoms with Crippen LogP contribution in [0.4, 0.5) is 13.2 Å². The Hall–Kier alpha value is -1.25. The molecule has 1 fully saturated rings. The van der Waals surface area contributed by atoms with Crippen LogP contribution in [0.25, 0.3) is 0 Å². The van der Waals surface area contributed by atoms with Crippen LogP contribution in [0.2, 0.25) is 0 Å². The van der Waals surface area contributed by atoms with Gasteiger partial charge in [-0.2, -0.15) is 13.2 Å². The topological polar surface area (TPSA) is 47.9 Å². The van der Waals surface area contributed by atoms with Gasteiger partial charge in [0, 0.05) is 13.0 Å². The number of hydrogen-bond donors (Lipinski definition) is 1. The van der Waals surface area contributed by atoms with Gasteiger partial charge >= 0.3 is 13.3 Å². The van der Waals surface area contributed by atoms with Crippen molar-refractivity contribution in [3.05, 3.63) is 23.8 Å². The summed E-state index contributed by atoms with van der Waals surface area (Å²) in [5, 5.41) is 8.72. The molecule has 0 aromatic heterocycles. The van der Waals surface area contributed by atoms with Gasteiger partial charge in [0.25, 0.3) is 0 Å². The van der Waals surface area contributed by atoms with E-state index in [4.69, 9.17) is 19.2 Å². The van der Waals surface area contributed by atoms with Crippen LogP contribution in [-0.4, -0.2) is 36.6 Å². The monoisotopic (exact) mass is 346 g/mol. The number of rotatable bonds is 5. The Labute approximate surface area is 140 Å². The third-order valence-corrected chi connectivity index (χ3v) is 4.39. The Bertz CT molecular complexity index is 571. The van der Waals surface area contributed by atoms with E-state index in [9.17, 15) is 13.2 Å². The first-order valence-corrected chi connectivity index (χ1v) is 7.78. The van der Waals surface area contributed by atoms with Crippen molar-refractivity contribution in [2.24, 2.45) is 0 Å². The largest absolute Gasteiger partial charge is 0.494 e. The SMILES string of the molecule is CC1(C)OB(c2ccc(OCCCO)c(C(F)(F)F)c2)OC1(C)C. The van der Waals surface area contributed by atoms with E-state index in [1.54, 1.807) is 0 Å². The lowest BCUT2D eigenvalue weighted by molar-refractivity contribution is -0.138. The second-order valence-electron chi connectivity index (χ2n) is 6.77. The highest BCUT2D eigenvalue weighted by molar-refractivity contribution is 6.62. The lowest BCUT2D eigenvalue weighted by atomic mass is 9.78. The molecule has 1 heterocycles. The number of aliphatic hydroxyl groups is 1. The average molecular weight is 346 g/mol. The first kappa shape index (κ1) is 19.1. The summed E-state index contributed by atoms with van der Waals surface area (Å²) in [6.45, 7) is 7.21. The van der Waals surface area contributed by atoms with E-state index in [2.05, 4.69) is 0 Å². The predicted molar refractivity (Wildman–Crippen MR) is 84.4 cm³/mol. The molecule has 24 heavy (non-hydrogen) atoms. The first-order chi connectivity index (χ1) is 11.0. The molecule has 0 saturated carbocycles. The van der Waals surface area contributed by atoms with Gasteiger partial charge in [0.1, 0.15) is 5.75 Å². The summed E-state index contributed by atoms with van der Waals surface area (Å²) in [4.78, 5) is 0. The maximum Gasteiger partial charge on any atom is 0.494 e. The van der Waals surface area contributed by atoms with Crippen molar-refractivity contribution in [1.82, 2.24) is 0 Å². The number of alkyl halides is 3. The Morgan fingerprint density at radius 1 is 1.12 bits per heavy atom. The van der Waals surface area contributed by atoms with Crippen molar-refractivity contribution in [1.29, 1.82) is 0 Å². The average Bonchev–Trinajstić information content (AvgIpc) is 2.67. The van der Waals surface area contributed by atoms with Crippen molar-refractivity contribution in [3.8, 4) is 5.75 Å². The second-order valence-corrected chi connectivity index (χ2v) is 6.77. The van der Waals surface area contributed by atoms with E-state index in [0.29, 0.717) is 0 Å². The molecular weight excluding hydrogens is 324 g/mol. The summed E-state index contributed by atoms with van der Waals surface area (Å²) in [5.41, 5.74) is -1.86. The molecule has 0 bridgehead atoms. The van der Waals surface area contributed by atoms with Crippen LogP contribution in [-0.2, 0) is 15.5 Å².